The van der Waals surface area contributed by atoms with Crippen LogP contribution in [0.5, 0.6) is 0 Å². The Kier molecular flexibility index (Phi) is 4.26. The standard InChI is InChI=1S/C15H19N3O3/c1-9(11-3-5-12(16)6-4-11)7-14(20)18-8-13(19)17-15(21)10(18)2/h3-6,9-10H,7-8,16H2,1-2H3,(H,17,19,21). The van der Waals surface area contributed by atoms with Gasteiger partial charge in [-0.05, 0) is 30.5 Å². The summed E-state index contributed by atoms with van der Waals surface area (Å²) in [6, 6.07) is 6.72. The highest BCUT2D eigenvalue weighted by atomic mass is 16.2. The minimum absolute atomic E-state index is 0.00890. The predicted molar refractivity (Wildman–Crippen MR) is 78.2 cm³/mol. The van der Waals surface area contributed by atoms with Gasteiger partial charge in [0.1, 0.15) is 12.6 Å². The molecule has 1 aliphatic heterocycles. The average molecular weight is 289 g/mol. The van der Waals surface area contributed by atoms with E-state index in [4.69, 9.17) is 5.73 Å². The highest BCUT2D eigenvalue weighted by molar-refractivity contribution is 6.04. The zero-order valence-corrected chi connectivity index (χ0v) is 12.1. The molecule has 3 amide bonds. The van der Waals surface area contributed by atoms with Gasteiger partial charge in [-0.15, -0.1) is 0 Å². The van der Waals surface area contributed by atoms with E-state index in [0.717, 1.165) is 5.56 Å². The number of nitrogen functional groups attached to an aromatic ring is 1. The van der Waals surface area contributed by atoms with E-state index in [1.54, 1.807) is 19.1 Å². The average Bonchev–Trinajstić information content (AvgIpc) is 2.43. The van der Waals surface area contributed by atoms with Crippen molar-refractivity contribution in [2.75, 3.05) is 12.3 Å². The fourth-order valence-corrected chi connectivity index (χ4v) is 2.34. The summed E-state index contributed by atoms with van der Waals surface area (Å²) in [6.45, 7) is 3.48. The largest absolute Gasteiger partial charge is 0.399 e. The van der Waals surface area contributed by atoms with Crippen molar-refractivity contribution in [2.45, 2.75) is 32.2 Å². The van der Waals surface area contributed by atoms with Gasteiger partial charge in [0.05, 0.1) is 0 Å². The smallest absolute Gasteiger partial charge is 0.249 e. The van der Waals surface area contributed by atoms with Crippen LogP contribution in [0.2, 0.25) is 0 Å². The first-order valence-corrected chi connectivity index (χ1v) is 6.87. The SMILES string of the molecule is CC(CC(=O)N1CC(=O)NC(=O)C1C)c1ccc(N)cc1. The number of piperazine rings is 1. The summed E-state index contributed by atoms with van der Waals surface area (Å²) in [7, 11) is 0. The van der Waals surface area contributed by atoms with Gasteiger partial charge in [-0.2, -0.15) is 0 Å². The summed E-state index contributed by atoms with van der Waals surface area (Å²) in [5, 5.41) is 2.22. The van der Waals surface area contributed by atoms with Gasteiger partial charge in [-0.1, -0.05) is 19.1 Å². The van der Waals surface area contributed by atoms with Crippen LogP contribution in [0.4, 0.5) is 5.69 Å². The number of hydrogen-bond donors (Lipinski definition) is 2. The molecule has 1 fully saturated rings. The zero-order chi connectivity index (χ0) is 15.6. The molecule has 6 nitrogen and oxygen atoms in total. The molecule has 2 atom stereocenters. The predicted octanol–water partition coefficient (Wildman–Crippen LogP) is 0.636. The molecule has 0 spiro atoms. The van der Waals surface area contributed by atoms with Gasteiger partial charge in [0, 0.05) is 12.1 Å². The van der Waals surface area contributed by atoms with Crippen molar-refractivity contribution >= 4 is 23.4 Å². The lowest BCUT2D eigenvalue weighted by atomic mass is 9.96. The highest BCUT2D eigenvalue weighted by Gasteiger charge is 2.33. The van der Waals surface area contributed by atoms with E-state index in [1.807, 2.05) is 19.1 Å². The number of hydrogen-bond acceptors (Lipinski definition) is 4. The van der Waals surface area contributed by atoms with E-state index in [-0.39, 0.29) is 24.8 Å². The van der Waals surface area contributed by atoms with E-state index < -0.39 is 17.9 Å². The van der Waals surface area contributed by atoms with Gasteiger partial charge in [-0.25, -0.2) is 0 Å². The van der Waals surface area contributed by atoms with Gasteiger partial charge < -0.3 is 10.6 Å². The van der Waals surface area contributed by atoms with Crippen molar-refractivity contribution in [1.29, 1.82) is 0 Å². The van der Waals surface area contributed by atoms with Crippen molar-refractivity contribution in [1.82, 2.24) is 10.2 Å². The van der Waals surface area contributed by atoms with Crippen molar-refractivity contribution in [3.05, 3.63) is 29.8 Å². The molecule has 1 heterocycles. The third kappa shape index (κ3) is 3.39. The Hall–Kier alpha value is -2.37. The fraction of sp³-hybridized carbons (Fsp3) is 0.400. The van der Waals surface area contributed by atoms with E-state index >= 15 is 0 Å². The molecular formula is C15H19N3O3. The van der Waals surface area contributed by atoms with Crippen LogP contribution in [0.25, 0.3) is 0 Å². The van der Waals surface area contributed by atoms with E-state index in [2.05, 4.69) is 5.32 Å². The molecule has 0 aliphatic carbocycles. The van der Waals surface area contributed by atoms with Crippen LogP contribution >= 0.6 is 0 Å². The second-order valence-corrected chi connectivity index (χ2v) is 5.38. The maximum Gasteiger partial charge on any atom is 0.249 e. The lowest BCUT2D eigenvalue weighted by molar-refractivity contribution is -0.149. The quantitative estimate of drug-likeness (QED) is 0.630. The minimum Gasteiger partial charge on any atom is -0.399 e. The van der Waals surface area contributed by atoms with Crippen LogP contribution in [0.3, 0.4) is 0 Å². The number of amides is 3. The lowest BCUT2D eigenvalue weighted by Gasteiger charge is -2.32. The second kappa shape index (κ2) is 5.95. The molecular weight excluding hydrogens is 270 g/mol. The van der Waals surface area contributed by atoms with Crippen molar-refractivity contribution in [2.24, 2.45) is 0 Å². The first-order valence-electron chi connectivity index (χ1n) is 6.87. The van der Waals surface area contributed by atoms with E-state index in [9.17, 15) is 14.4 Å². The van der Waals surface area contributed by atoms with Crippen LogP contribution in [0.1, 0.15) is 31.7 Å². The van der Waals surface area contributed by atoms with Gasteiger partial charge in [0.15, 0.2) is 0 Å². The molecule has 0 saturated carbocycles. The Morgan fingerprint density at radius 3 is 2.62 bits per heavy atom. The van der Waals surface area contributed by atoms with E-state index in [0.29, 0.717) is 5.69 Å². The number of carbonyl (C=O) groups excluding carboxylic acids is 3. The number of nitrogens with two attached hydrogens (primary N) is 1. The van der Waals surface area contributed by atoms with Gasteiger partial charge >= 0.3 is 0 Å². The molecule has 0 aromatic heterocycles. The third-order valence-electron chi connectivity index (χ3n) is 3.73. The zero-order valence-electron chi connectivity index (χ0n) is 12.1. The van der Waals surface area contributed by atoms with Gasteiger partial charge in [0.25, 0.3) is 0 Å². The number of nitrogens with one attached hydrogen (secondary N) is 1. The molecule has 1 aliphatic rings. The minimum atomic E-state index is -0.617. The molecule has 0 bridgehead atoms. The van der Waals surface area contributed by atoms with Crippen LogP contribution < -0.4 is 11.1 Å². The molecule has 6 heteroatoms. The molecule has 2 rings (SSSR count). The first-order chi connectivity index (χ1) is 9.88. The molecule has 1 aromatic carbocycles. The Balaban J connectivity index is 2.04. The number of anilines is 1. The van der Waals surface area contributed by atoms with Crippen LogP contribution in [0, 0.1) is 0 Å². The second-order valence-electron chi connectivity index (χ2n) is 5.38. The summed E-state index contributed by atoms with van der Waals surface area (Å²) in [5.41, 5.74) is 7.31. The van der Waals surface area contributed by atoms with E-state index in [1.165, 1.54) is 4.90 Å². The summed E-state index contributed by atoms with van der Waals surface area (Å²) < 4.78 is 0. The van der Waals surface area contributed by atoms with Crippen LogP contribution in [-0.4, -0.2) is 35.2 Å². The number of imide groups is 1. The maximum atomic E-state index is 12.3. The summed E-state index contributed by atoms with van der Waals surface area (Å²) in [6.07, 6.45) is 0.245. The van der Waals surface area contributed by atoms with Gasteiger partial charge in [-0.3, -0.25) is 19.7 Å². The monoisotopic (exact) mass is 289 g/mol. The Morgan fingerprint density at radius 1 is 1.38 bits per heavy atom. The van der Waals surface area contributed by atoms with Crippen LogP contribution in [-0.2, 0) is 14.4 Å². The fourth-order valence-electron chi connectivity index (χ4n) is 2.34. The van der Waals surface area contributed by atoms with Gasteiger partial charge in [0.2, 0.25) is 17.7 Å². The maximum absolute atomic E-state index is 12.3. The number of carbonyl (C=O) groups is 3. The lowest BCUT2D eigenvalue weighted by Crippen LogP contribution is -2.58. The number of benzene rings is 1. The molecule has 112 valence electrons. The van der Waals surface area contributed by atoms with Crippen LogP contribution in [0.15, 0.2) is 24.3 Å². The Morgan fingerprint density at radius 2 is 2.00 bits per heavy atom. The Labute approximate surface area is 123 Å². The van der Waals surface area contributed by atoms with Crippen molar-refractivity contribution in [3.8, 4) is 0 Å². The third-order valence-corrected chi connectivity index (χ3v) is 3.73. The normalized spacial score (nSPS) is 20.1. The molecule has 1 saturated heterocycles. The summed E-state index contributed by atoms with van der Waals surface area (Å²) in [4.78, 5) is 36.6. The number of rotatable bonds is 3. The molecule has 0 radical (unpaired) electrons. The molecule has 1 aromatic rings. The van der Waals surface area contributed by atoms with Crippen molar-refractivity contribution < 1.29 is 14.4 Å². The molecule has 2 unspecified atom stereocenters. The summed E-state index contributed by atoms with van der Waals surface area (Å²) in [5.74, 6) is -1.08. The Bertz CT molecular complexity index is 568. The number of nitrogens with zero attached hydrogens (tertiary/aromatic N) is 1. The molecule has 21 heavy (non-hydrogen) atoms. The van der Waals surface area contributed by atoms with Crippen molar-refractivity contribution in [3.63, 3.8) is 0 Å². The summed E-state index contributed by atoms with van der Waals surface area (Å²) >= 11 is 0. The first kappa shape index (κ1) is 15.0. The topological polar surface area (TPSA) is 92.5 Å². The molecule has 3 N–H and O–H groups in total. The highest BCUT2D eigenvalue weighted by Crippen LogP contribution is 2.22.